The molecule has 7 heteroatoms. The Hall–Kier alpha value is -0.370. The molecule has 0 bridgehead atoms. The Morgan fingerprint density at radius 1 is 1.29 bits per heavy atom. The van der Waals surface area contributed by atoms with Crippen molar-refractivity contribution in [3.8, 4) is 0 Å². The fourth-order valence-corrected chi connectivity index (χ4v) is 3.72. The van der Waals surface area contributed by atoms with Crippen LogP contribution >= 0.6 is 15.9 Å². The normalized spacial score (nSPS) is 12.8. The summed E-state index contributed by atoms with van der Waals surface area (Å²) < 4.78 is 32.8. The van der Waals surface area contributed by atoms with Gasteiger partial charge in [-0.2, -0.15) is 0 Å². The van der Waals surface area contributed by atoms with Crippen molar-refractivity contribution in [3.05, 3.63) is 16.5 Å². The van der Waals surface area contributed by atoms with Crippen LogP contribution in [0.5, 0.6) is 0 Å². The first-order valence-electron chi connectivity index (χ1n) is 7.14. The lowest BCUT2D eigenvalue weighted by Gasteiger charge is -2.17. The summed E-state index contributed by atoms with van der Waals surface area (Å²) in [6.07, 6.45) is 1.79. The van der Waals surface area contributed by atoms with Gasteiger partial charge in [0.15, 0.2) is 4.67 Å². The molecule has 0 fully saturated rings. The van der Waals surface area contributed by atoms with E-state index in [2.05, 4.69) is 53.7 Å². The molecule has 122 valence electrons. The number of nitrogens with one attached hydrogen (secondary N) is 2. The largest absolute Gasteiger partial charge is 0.452 e. The molecule has 1 heterocycles. The highest BCUT2D eigenvalue weighted by molar-refractivity contribution is 9.10. The molecule has 0 aliphatic rings. The zero-order chi connectivity index (χ0) is 16.1. The molecule has 1 aromatic rings. The third-order valence-corrected chi connectivity index (χ3v) is 5.21. The van der Waals surface area contributed by atoms with Gasteiger partial charge in [-0.15, -0.1) is 0 Å². The molecule has 1 aromatic heterocycles. The van der Waals surface area contributed by atoms with Crippen LogP contribution in [-0.2, 0) is 16.6 Å². The van der Waals surface area contributed by atoms with E-state index in [0.717, 1.165) is 19.4 Å². The Labute approximate surface area is 136 Å². The molecule has 0 amide bonds. The Kier molecular flexibility index (Phi) is 6.90. The SMILES string of the molecule is CCCNCc1cc(S(=O)(=O)NCCC(C)(C)C)c(Br)o1. The zero-order valence-electron chi connectivity index (χ0n) is 13.1. The summed E-state index contributed by atoms with van der Waals surface area (Å²) in [4.78, 5) is 0.157. The third kappa shape index (κ3) is 6.50. The standard InChI is InChI=1S/C14H25BrN2O3S/c1-5-7-16-10-11-9-12(13(15)20-11)21(18,19)17-8-6-14(2,3)4/h9,16-17H,5-8,10H2,1-4H3. The molecule has 0 saturated carbocycles. The van der Waals surface area contributed by atoms with Crippen LogP contribution in [0.25, 0.3) is 0 Å². The molecular formula is C14H25BrN2O3S. The smallest absolute Gasteiger partial charge is 0.244 e. The summed E-state index contributed by atoms with van der Waals surface area (Å²) >= 11 is 3.18. The summed E-state index contributed by atoms with van der Waals surface area (Å²) in [7, 11) is -3.54. The Morgan fingerprint density at radius 2 is 1.95 bits per heavy atom. The van der Waals surface area contributed by atoms with Gasteiger partial charge in [0.2, 0.25) is 10.0 Å². The molecule has 1 rings (SSSR count). The highest BCUT2D eigenvalue weighted by Gasteiger charge is 2.22. The van der Waals surface area contributed by atoms with Crippen molar-refractivity contribution >= 4 is 26.0 Å². The number of halogens is 1. The molecular weight excluding hydrogens is 356 g/mol. The lowest BCUT2D eigenvalue weighted by atomic mass is 9.93. The van der Waals surface area contributed by atoms with Crippen LogP contribution in [0.3, 0.4) is 0 Å². The maximum Gasteiger partial charge on any atom is 0.244 e. The van der Waals surface area contributed by atoms with E-state index in [0.29, 0.717) is 18.8 Å². The minimum Gasteiger partial charge on any atom is -0.452 e. The quantitative estimate of drug-likeness (QED) is 0.678. The molecule has 0 radical (unpaired) electrons. The van der Waals surface area contributed by atoms with Gasteiger partial charge >= 0.3 is 0 Å². The predicted molar refractivity (Wildman–Crippen MR) is 87.7 cm³/mol. The minimum atomic E-state index is -3.54. The predicted octanol–water partition coefficient (Wildman–Crippen LogP) is 3.26. The average molecular weight is 381 g/mol. The van der Waals surface area contributed by atoms with Gasteiger partial charge in [0.25, 0.3) is 0 Å². The number of furan rings is 1. The Bertz CT molecular complexity index is 547. The molecule has 0 saturated heterocycles. The maximum absolute atomic E-state index is 12.3. The summed E-state index contributed by atoms with van der Waals surface area (Å²) in [5, 5.41) is 3.18. The van der Waals surface area contributed by atoms with Crippen LogP contribution in [-0.4, -0.2) is 21.5 Å². The molecule has 0 unspecified atom stereocenters. The number of sulfonamides is 1. The lowest BCUT2D eigenvalue weighted by molar-refractivity contribution is 0.378. The van der Waals surface area contributed by atoms with Crippen molar-refractivity contribution in [1.29, 1.82) is 0 Å². The van der Waals surface area contributed by atoms with E-state index in [1.807, 2.05) is 0 Å². The number of rotatable bonds is 8. The molecule has 0 aromatic carbocycles. The van der Waals surface area contributed by atoms with Crippen LogP contribution in [0.2, 0.25) is 0 Å². The Morgan fingerprint density at radius 3 is 2.52 bits per heavy atom. The van der Waals surface area contributed by atoms with Crippen LogP contribution in [0.1, 0.15) is 46.3 Å². The van der Waals surface area contributed by atoms with Crippen molar-refractivity contribution in [2.75, 3.05) is 13.1 Å². The first-order chi connectivity index (χ1) is 9.65. The van der Waals surface area contributed by atoms with Crippen LogP contribution < -0.4 is 10.0 Å². The van der Waals surface area contributed by atoms with Crippen LogP contribution in [0.15, 0.2) is 20.0 Å². The molecule has 0 aliphatic carbocycles. The fourth-order valence-electron chi connectivity index (χ4n) is 1.69. The van der Waals surface area contributed by atoms with Gasteiger partial charge in [0, 0.05) is 12.6 Å². The van der Waals surface area contributed by atoms with E-state index in [-0.39, 0.29) is 15.0 Å². The van der Waals surface area contributed by atoms with Gasteiger partial charge in [-0.1, -0.05) is 27.7 Å². The van der Waals surface area contributed by atoms with Crippen molar-refractivity contribution in [2.45, 2.75) is 52.0 Å². The van der Waals surface area contributed by atoms with E-state index in [9.17, 15) is 8.42 Å². The second-order valence-corrected chi connectivity index (χ2v) is 8.69. The van der Waals surface area contributed by atoms with Crippen molar-refractivity contribution < 1.29 is 12.8 Å². The van der Waals surface area contributed by atoms with E-state index in [1.54, 1.807) is 6.07 Å². The molecule has 0 atom stereocenters. The topological polar surface area (TPSA) is 71.3 Å². The fraction of sp³-hybridized carbons (Fsp3) is 0.714. The van der Waals surface area contributed by atoms with Crippen LogP contribution in [0, 0.1) is 5.41 Å². The first kappa shape index (κ1) is 18.7. The second-order valence-electron chi connectivity index (χ2n) is 6.24. The van der Waals surface area contributed by atoms with E-state index < -0.39 is 10.0 Å². The van der Waals surface area contributed by atoms with Gasteiger partial charge in [-0.25, -0.2) is 13.1 Å². The maximum atomic E-state index is 12.3. The van der Waals surface area contributed by atoms with Gasteiger partial charge in [0.05, 0.1) is 6.54 Å². The van der Waals surface area contributed by atoms with Gasteiger partial charge in [-0.3, -0.25) is 0 Å². The number of hydrogen-bond acceptors (Lipinski definition) is 4. The molecule has 21 heavy (non-hydrogen) atoms. The summed E-state index contributed by atoms with van der Waals surface area (Å²) in [6, 6.07) is 1.56. The van der Waals surface area contributed by atoms with Gasteiger partial charge < -0.3 is 9.73 Å². The second kappa shape index (κ2) is 7.76. The molecule has 0 spiro atoms. The van der Waals surface area contributed by atoms with Crippen molar-refractivity contribution in [3.63, 3.8) is 0 Å². The lowest BCUT2D eigenvalue weighted by Crippen LogP contribution is -2.27. The summed E-state index contributed by atoms with van der Waals surface area (Å²) in [5.74, 6) is 0.603. The summed E-state index contributed by atoms with van der Waals surface area (Å²) in [5.41, 5.74) is 0.0887. The van der Waals surface area contributed by atoms with E-state index in [1.165, 1.54) is 0 Å². The average Bonchev–Trinajstić information content (AvgIpc) is 2.69. The van der Waals surface area contributed by atoms with Gasteiger partial charge in [0.1, 0.15) is 10.7 Å². The summed E-state index contributed by atoms with van der Waals surface area (Å²) in [6.45, 7) is 10.1. The number of hydrogen-bond donors (Lipinski definition) is 2. The van der Waals surface area contributed by atoms with Crippen LogP contribution in [0.4, 0.5) is 0 Å². The molecule has 2 N–H and O–H groups in total. The highest BCUT2D eigenvalue weighted by atomic mass is 79.9. The minimum absolute atomic E-state index is 0.0887. The molecule has 0 aliphatic heterocycles. The first-order valence-corrected chi connectivity index (χ1v) is 9.42. The monoisotopic (exact) mass is 380 g/mol. The highest BCUT2D eigenvalue weighted by Crippen LogP contribution is 2.26. The van der Waals surface area contributed by atoms with E-state index in [4.69, 9.17) is 4.42 Å². The third-order valence-electron chi connectivity index (χ3n) is 2.89. The Balaban J connectivity index is 2.70. The van der Waals surface area contributed by atoms with Crippen molar-refractivity contribution in [2.24, 2.45) is 5.41 Å². The van der Waals surface area contributed by atoms with Gasteiger partial charge in [-0.05, 0) is 40.7 Å². The van der Waals surface area contributed by atoms with Crippen molar-refractivity contribution in [1.82, 2.24) is 10.0 Å². The molecule has 5 nitrogen and oxygen atoms in total. The van der Waals surface area contributed by atoms with E-state index >= 15 is 0 Å². The zero-order valence-corrected chi connectivity index (χ0v) is 15.5.